The van der Waals surface area contributed by atoms with E-state index in [1.54, 1.807) is 25.1 Å². The molecular formula is C20H19NO3S. The van der Waals surface area contributed by atoms with Crippen LogP contribution in [-0.4, -0.2) is 14.3 Å². The van der Waals surface area contributed by atoms with E-state index in [-0.39, 0.29) is 4.90 Å². The number of rotatable bonds is 4. The summed E-state index contributed by atoms with van der Waals surface area (Å²) in [5, 5.41) is 1.40. The molecule has 3 rings (SSSR count). The molecule has 1 N–H and O–H groups in total. The highest BCUT2D eigenvalue weighted by Gasteiger charge is 2.24. The van der Waals surface area contributed by atoms with Crippen molar-refractivity contribution in [3.05, 3.63) is 77.9 Å². The van der Waals surface area contributed by atoms with Gasteiger partial charge in [-0.05, 0) is 30.9 Å². The number of carbonyl (C=O) groups is 1. The molecule has 0 aliphatic carbocycles. The summed E-state index contributed by atoms with van der Waals surface area (Å²) in [5.41, 5.74) is 1.86. The molecule has 0 radical (unpaired) electrons. The van der Waals surface area contributed by atoms with Crippen LogP contribution in [0.4, 0.5) is 0 Å². The fraction of sp³-hybridized carbons (Fsp3) is 0.150. The number of hydrogen-bond donors (Lipinski definition) is 1. The molecule has 5 heteroatoms. The number of amides is 1. The first-order valence-corrected chi connectivity index (χ1v) is 9.48. The van der Waals surface area contributed by atoms with E-state index < -0.39 is 21.8 Å². The molecule has 3 aromatic carbocycles. The molecule has 1 unspecified atom stereocenters. The van der Waals surface area contributed by atoms with Crippen molar-refractivity contribution >= 4 is 26.7 Å². The van der Waals surface area contributed by atoms with Crippen LogP contribution in [0.2, 0.25) is 0 Å². The SMILES string of the molecule is Cc1ccc(C(C)C(=O)NS(=O)(=O)c2cccc3ccccc23)cc1. The summed E-state index contributed by atoms with van der Waals surface area (Å²) in [6.45, 7) is 3.65. The van der Waals surface area contributed by atoms with Crippen LogP contribution >= 0.6 is 0 Å². The molecule has 0 aliphatic heterocycles. The predicted molar refractivity (Wildman–Crippen MR) is 98.9 cm³/mol. The Hall–Kier alpha value is -2.66. The van der Waals surface area contributed by atoms with Crippen molar-refractivity contribution in [2.75, 3.05) is 0 Å². The van der Waals surface area contributed by atoms with Gasteiger partial charge in [0.05, 0.1) is 10.8 Å². The minimum absolute atomic E-state index is 0.107. The second-order valence-electron chi connectivity index (χ2n) is 6.08. The van der Waals surface area contributed by atoms with Gasteiger partial charge in [-0.25, -0.2) is 13.1 Å². The molecule has 0 saturated heterocycles. The molecule has 0 aromatic heterocycles. The summed E-state index contributed by atoms with van der Waals surface area (Å²) in [6.07, 6.45) is 0. The first-order chi connectivity index (χ1) is 11.9. The Balaban J connectivity index is 1.90. The van der Waals surface area contributed by atoms with Gasteiger partial charge < -0.3 is 0 Å². The number of carbonyl (C=O) groups excluding carboxylic acids is 1. The maximum absolute atomic E-state index is 12.7. The Bertz CT molecular complexity index is 1020. The highest BCUT2D eigenvalue weighted by molar-refractivity contribution is 7.90. The van der Waals surface area contributed by atoms with Gasteiger partial charge >= 0.3 is 0 Å². The van der Waals surface area contributed by atoms with Crippen LogP contribution in [0.15, 0.2) is 71.6 Å². The van der Waals surface area contributed by atoms with Crippen molar-refractivity contribution in [2.45, 2.75) is 24.7 Å². The zero-order chi connectivity index (χ0) is 18.0. The van der Waals surface area contributed by atoms with Crippen LogP contribution in [0.5, 0.6) is 0 Å². The van der Waals surface area contributed by atoms with E-state index >= 15 is 0 Å². The van der Waals surface area contributed by atoms with Crippen molar-refractivity contribution < 1.29 is 13.2 Å². The lowest BCUT2D eigenvalue weighted by Gasteiger charge is -2.14. The summed E-state index contributed by atoms with van der Waals surface area (Å²) in [6, 6.07) is 19.7. The molecule has 4 nitrogen and oxygen atoms in total. The minimum atomic E-state index is -3.95. The lowest BCUT2D eigenvalue weighted by Crippen LogP contribution is -2.33. The van der Waals surface area contributed by atoms with Gasteiger partial charge in [-0.1, -0.05) is 66.2 Å². The van der Waals surface area contributed by atoms with Crippen LogP contribution in [0, 0.1) is 6.92 Å². The molecule has 1 amide bonds. The smallest absolute Gasteiger partial charge is 0.264 e. The average Bonchev–Trinajstić information content (AvgIpc) is 2.61. The van der Waals surface area contributed by atoms with Gasteiger partial charge in [0.1, 0.15) is 0 Å². The Morgan fingerprint density at radius 3 is 2.28 bits per heavy atom. The Kier molecular flexibility index (Phi) is 4.59. The van der Waals surface area contributed by atoms with Gasteiger partial charge in [-0.2, -0.15) is 0 Å². The lowest BCUT2D eigenvalue weighted by molar-refractivity contribution is -0.120. The highest BCUT2D eigenvalue weighted by atomic mass is 32.2. The van der Waals surface area contributed by atoms with Crippen molar-refractivity contribution in [3.8, 4) is 0 Å². The van der Waals surface area contributed by atoms with E-state index in [9.17, 15) is 13.2 Å². The summed E-state index contributed by atoms with van der Waals surface area (Å²) in [4.78, 5) is 12.6. The van der Waals surface area contributed by atoms with E-state index in [1.807, 2.05) is 49.4 Å². The Morgan fingerprint density at radius 2 is 1.56 bits per heavy atom. The summed E-state index contributed by atoms with van der Waals surface area (Å²) < 4.78 is 27.6. The minimum Gasteiger partial charge on any atom is -0.273 e. The van der Waals surface area contributed by atoms with Crippen LogP contribution < -0.4 is 4.72 Å². The van der Waals surface area contributed by atoms with Crippen molar-refractivity contribution in [2.24, 2.45) is 0 Å². The first kappa shape index (κ1) is 17.2. The van der Waals surface area contributed by atoms with Crippen LogP contribution in [-0.2, 0) is 14.8 Å². The van der Waals surface area contributed by atoms with Crippen molar-refractivity contribution in [3.63, 3.8) is 0 Å². The molecule has 1 atom stereocenters. The summed E-state index contributed by atoms with van der Waals surface area (Å²) in [7, 11) is -3.95. The predicted octanol–water partition coefficient (Wildman–Crippen LogP) is 3.76. The molecular weight excluding hydrogens is 334 g/mol. The third-order valence-corrected chi connectivity index (χ3v) is 5.65. The number of benzene rings is 3. The average molecular weight is 353 g/mol. The Labute approximate surface area is 147 Å². The van der Waals surface area contributed by atoms with Crippen LogP contribution in [0.3, 0.4) is 0 Å². The fourth-order valence-corrected chi connectivity index (χ4v) is 4.00. The topological polar surface area (TPSA) is 63.2 Å². The number of aryl methyl sites for hydroxylation is 1. The largest absolute Gasteiger partial charge is 0.273 e. The molecule has 0 saturated carbocycles. The maximum atomic E-state index is 12.7. The van der Waals surface area contributed by atoms with E-state index in [4.69, 9.17) is 0 Å². The van der Waals surface area contributed by atoms with Gasteiger partial charge in [0.2, 0.25) is 5.91 Å². The standard InChI is InChI=1S/C20H19NO3S/c1-14-10-12-16(13-11-14)15(2)20(22)21-25(23,24)19-9-5-7-17-6-3-4-8-18(17)19/h3-13,15H,1-2H3,(H,21,22). The lowest BCUT2D eigenvalue weighted by atomic mass is 10.00. The molecule has 0 fully saturated rings. The van der Waals surface area contributed by atoms with Gasteiger partial charge in [-0.3, -0.25) is 4.79 Å². The molecule has 0 bridgehead atoms. The number of fused-ring (bicyclic) bond motifs is 1. The van der Waals surface area contributed by atoms with E-state index in [1.165, 1.54) is 6.07 Å². The molecule has 25 heavy (non-hydrogen) atoms. The van der Waals surface area contributed by atoms with Gasteiger partial charge in [-0.15, -0.1) is 0 Å². The number of sulfonamides is 1. The molecule has 3 aromatic rings. The van der Waals surface area contributed by atoms with E-state index in [0.29, 0.717) is 5.39 Å². The van der Waals surface area contributed by atoms with E-state index in [0.717, 1.165) is 16.5 Å². The molecule has 128 valence electrons. The second kappa shape index (κ2) is 6.69. The zero-order valence-electron chi connectivity index (χ0n) is 14.1. The Morgan fingerprint density at radius 1 is 0.920 bits per heavy atom. The van der Waals surface area contributed by atoms with Gasteiger partial charge in [0.25, 0.3) is 10.0 Å². The van der Waals surface area contributed by atoms with Crippen LogP contribution in [0.1, 0.15) is 24.0 Å². The zero-order valence-corrected chi connectivity index (χ0v) is 14.9. The first-order valence-electron chi connectivity index (χ1n) is 7.99. The van der Waals surface area contributed by atoms with E-state index in [2.05, 4.69) is 4.72 Å². The number of nitrogens with one attached hydrogen (secondary N) is 1. The normalized spacial score (nSPS) is 12.7. The number of hydrogen-bond acceptors (Lipinski definition) is 3. The third kappa shape index (κ3) is 3.56. The van der Waals surface area contributed by atoms with Crippen molar-refractivity contribution in [1.29, 1.82) is 0 Å². The van der Waals surface area contributed by atoms with Gasteiger partial charge in [0, 0.05) is 5.39 Å². The fourth-order valence-electron chi connectivity index (χ4n) is 2.71. The maximum Gasteiger partial charge on any atom is 0.264 e. The summed E-state index contributed by atoms with van der Waals surface area (Å²) in [5.74, 6) is -1.11. The van der Waals surface area contributed by atoms with Crippen LogP contribution in [0.25, 0.3) is 10.8 Å². The molecule has 0 aliphatic rings. The quantitative estimate of drug-likeness (QED) is 0.777. The monoisotopic (exact) mass is 353 g/mol. The molecule has 0 spiro atoms. The third-order valence-electron chi connectivity index (χ3n) is 4.24. The van der Waals surface area contributed by atoms with Gasteiger partial charge in [0.15, 0.2) is 0 Å². The summed E-state index contributed by atoms with van der Waals surface area (Å²) >= 11 is 0. The second-order valence-corrected chi connectivity index (χ2v) is 7.73. The molecule has 0 heterocycles. The highest BCUT2D eigenvalue weighted by Crippen LogP contribution is 2.23. The van der Waals surface area contributed by atoms with Crippen molar-refractivity contribution in [1.82, 2.24) is 4.72 Å².